The van der Waals surface area contributed by atoms with Gasteiger partial charge in [-0.15, -0.1) is 11.6 Å². The highest BCUT2D eigenvalue weighted by molar-refractivity contribution is 6.18. The van der Waals surface area contributed by atoms with Gasteiger partial charge in [0, 0.05) is 0 Å². The molecule has 0 aliphatic carbocycles. The highest BCUT2D eigenvalue weighted by Crippen LogP contribution is 2.38. The number of epoxide rings is 1. The predicted octanol–water partition coefficient (Wildman–Crippen LogP) is 1.79. The number of halogens is 1. The van der Waals surface area contributed by atoms with E-state index in [1.807, 2.05) is 6.92 Å². The lowest BCUT2D eigenvalue weighted by Crippen LogP contribution is -2.10. The fourth-order valence-electron chi connectivity index (χ4n) is 0.924. The molecule has 1 nitrogen and oxygen atoms in total. The van der Waals surface area contributed by atoms with E-state index >= 15 is 0 Å². The number of ether oxygens (including phenoxy) is 1. The smallest absolute Gasteiger partial charge is 0.105 e. The monoisotopic (exact) mass is 134 g/mol. The van der Waals surface area contributed by atoms with E-state index < -0.39 is 0 Å². The zero-order valence-corrected chi connectivity index (χ0v) is 6.03. The molecule has 0 aromatic rings. The molecular weight excluding hydrogens is 124 g/mol. The standard InChI is InChI=1S/C6H11ClO/c1-3-5-6(2,4-7)8-5/h5H,3-4H2,1-2H3. The van der Waals surface area contributed by atoms with Gasteiger partial charge in [0.05, 0.1) is 12.0 Å². The summed E-state index contributed by atoms with van der Waals surface area (Å²) in [6.07, 6.45) is 1.52. The van der Waals surface area contributed by atoms with Crippen molar-refractivity contribution in [1.29, 1.82) is 0 Å². The second-order valence-electron chi connectivity index (χ2n) is 2.46. The minimum atomic E-state index is 0.0241. The van der Waals surface area contributed by atoms with E-state index in [0.717, 1.165) is 6.42 Å². The van der Waals surface area contributed by atoms with Gasteiger partial charge in [-0.3, -0.25) is 0 Å². The van der Waals surface area contributed by atoms with Crippen LogP contribution in [0.4, 0.5) is 0 Å². The summed E-state index contributed by atoms with van der Waals surface area (Å²) in [5.41, 5.74) is 0.0241. The summed E-state index contributed by atoms with van der Waals surface area (Å²) >= 11 is 5.59. The van der Waals surface area contributed by atoms with Crippen LogP contribution < -0.4 is 0 Å². The Morgan fingerprint density at radius 1 is 1.75 bits per heavy atom. The van der Waals surface area contributed by atoms with Crippen molar-refractivity contribution in [2.75, 3.05) is 5.88 Å². The molecule has 1 heterocycles. The van der Waals surface area contributed by atoms with Crippen LogP contribution in [-0.4, -0.2) is 17.6 Å². The summed E-state index contributed by atoms with van der Waals surface area (Å²) < 4.78 is 5.27. The molecule has 0 radical (unpaired) electrons. The van der Waals surface area contributed by atoms with Crippen molar-refractivity contribution >= 4 is 11.6 Å². The molecule has 1 aliphatic heterocycles. The van der Waals surface area contributed by atoms with E-state index in [9.17, 15) is 0 Å². The summed E-state index contributed by atoms with van der Waals surface area (Å²) in [5, 5.41) is 0. The molecule has 8 heavy (non-hydrogen) atoms. The van der Waals surface area contributed by atoms with Crippen molar-refractivity contribution < 1.29 is 4.74 Å². The Balaban J connectivity index is 2.31. The van der Waals surface area contributed by atoms with E-state index in [1.54, 1.807) is 0 Å². The Bertz CT molecular complexity index is 94.5. The van der Waals surface area contributed by atoms with E-state index in [2.05, 4.69) is 6.92 Å². The molecule has 0 spiro atoms. The molecule has 2 heteroatoms. The van der Waals surface area contributed by atoms with Gasteiger partial charge in [-0.25, -0.2) is 0 Å². The molecule has 0 N–H and O–H groups in total. The maximum atomic E-state index is 5.59. The summed E-state index contributed by atoms with van der Waals surface area (Å²) in [4.78, 5) is 0. The Hall–Kier alpha value is 0.250. The van der Waals surface area contributed by atoms with Gasteiger partial charge >= 0.3 is 0 Å². The third kappa shape index (κ3) is 0.848. The van der Waals surface area contributed by atoms with Gasteiger partial charge in [-0.2, -0.15) is 0 Å². The number of rotatable bonds is 2. The first-order valence-corrected chi connectivity index (χ1v) is 3.50. The average Bonchev–Trinajstić information content (AvgIpc) is 2.44. The first-order valence-electron chi connectivity index (χ1n) is 2.96. The van der Waals surface area contributed by atoms with E-state index in [1.165, 1.54) is 0 Å². The fourth-order valence-corrected chi connectivity index (χ4v) is 1.16. The van der Waals surface area contributed by atoms with E-state index in [4.69, 9.17) is 16.3 Å². The van der Waals surface area contributed by atoms with Gasteiger partial charge in [-0.05, 0) is 13.3 Å². The molecule has 0 aromatic carbocycles. The summed E-state index contributed by atoms with van der Waals surface area (Å²) in [6, 6.07) is 0. The van der Waals surface area contributed by atoms with Crippen molar-refractivity contribution in [3.8, 4) is 0 Å². The molecule has 1 rings (SSSR count). The van der Waals surface area contributed by atoms with Crippen molar-refractivity contribution in [3.63, 3.8) is 0 Å². The number of hydrogen-bond acceptors (Lipinski definition) is 1. The molecule has 1 fully saturated rings. The summed E-state index contributed by atoms with van der Waals surface area (Å²) in [7, 11) is 0. The topological polar surface area (TPSA) is 12.5 Å². The van der Waals surface area contributed by atoms with Crippen LogP contribution in [0.2, 0.25) is 0 Å². The quantitative estimate of drug-likeness (QED) is 0.415. The summed E-state index contributed by atoms with van der Waals surface area (Å²) in [6.45, 7) is 4.16. The van der Waals surface area contributed by atoms with Crippen LogP contribution in [0.25, 0.3) is 0 Å². The van der Waals surface area contributed by atoms with Gasteiger partial charge in [0.1, 0.15) is 5.60 Å². The van der Waals surface area contributed by atoms with Crippen LogP contribution in [0.5, 0.6) is 0 Å². The van der Waals surface area contributed by atoms with Crippen molar-refractivity contribution in [2.45, 2.75) is 32.0 Å². The van der Waals surface area contributed by atoms with Crippen LogP contribution in [0.15, 0.2) is 0 Å². The zero-order chi connectivity index (χ0) is 6.20. The van der Waals surface area contributed by atoms with Crippen LogP contribution in [0, 0.1) is 0 Å². The largest absolute Gasteiger partial charge is 0.365 e. The molecular formula is C6H11ClO. The molecule has 0 bridgehead atoms. The maximum Gasteiger partial charge on any atom is 0.105 e. The highest BCUT2D eigenvalue weighted by Gasteiger charge is 2.49. The Morgan fingerprint density at radius 3 is 2.50 bits per heavy atom. The Labute approximate surface area is 55.0 Å². The minimum absolute atomic E-state index is 0.0241. The highest BCUT2D eigenvalue weighted by atomic mass is 35.5. The van der Waals surface area contributed by atoms with Crippen LogP contribution in [0.1, 0.15) is 20.3 Å². The molecule has 1 saturated heterocycles. The van der Waals surface area contributed by atoms with Crippen molar-refractivity contribution in [2.24, 2.45) is 0 Å². The summed E-state index contributed by atoms with van der Waals surface area (Å²) in [5.74, 6) is 0.630. The van der Waals surface area contributed by atoms with Crippen molar-refractivity contribution in [1.82, 2.24) is 0 Å². The lowest BCUT2D eigenvalue weighted by atomic mass is 10.1. The lowest BCUT2D eigenvalue weighted by Gasteiger charge is -1.94. The molecule has 0 amide bonds. The third-order valence-corrected chi connectivity index (χ3v) is 2.20. The number of hydrogen-bond donors (Lipinski definition) is 0. The molecule has 2 unspecified atom stereocenters. The normalized spacial score (nSPS) is 44.6. The van der Waals surface area contributed by atoms with Gasteiger partial charge in [0.2, 0.25) is 0 Å². The number of alkyl halides is 1. The van der Waals surface area contributed by atoms with Gasteiger partial charge < -0.3 is 4.74 Å². The lowest BCUT2D eigenvalue weighted by molar-refractivity contribution is 0.324. The first kappa shape index (κ1) is 6.37. The Kier molecular flexibility index (Phi) is 1.50. The van der Waals surface area contributed by atoms with Crippen LogP contribution in [-0.2, 0) is 4.74 Å². The Morgan fingerprint density at radius 2 is 2.38 bits per heavy atom. The van der Waals surface area contributed by atoms with Crippen LogP contribution >= 0.6 is 11.6 Å². The van der Waals surface area contributed by atoms with Gasteiger partial charge in [-0.1, -0.05) is 6.92 Å². The third-order valence-electron chi connectivity index (χ3n) is 1.67. The second-order valence-corrected chi connectivity index (χ2v) is 2.73. The zero-order valence-electron chi connectivity index (χ0n) is 5.28. The van der Waals surface area contributed by atoms with E-state index in [-0.39, 0.29) is 5.60 Å². The van der Waals surface area contributed by atoms with Crippen LogP contribution in [0.3, 0.4) is 0 Å². The molecule has 48 valence electrons. The minimum Gasteiger partial charge on any atom is -0.365 e. The molecule has 0 saturated carbocycles. The van der Waals surface area contributed by atoms with Crippen molar-refractivity contribution in [3.05, 3.63) is 0 Å². The molecule has 2 atom stereocenters. The van der Waals surface area contributed by atoms with Gasteiger partial charge in [0.15, 0.2) is 0 Å². The second kappa shape index (κ2) is 1.89. The first-order chi connectivity index (χ1) is 3.73. The molecule has 1 aliphatic rings. The fraction of sp³-hybridized carbons (Fsp3) is 1.00. The van der Waals surface area contributed by atoms with E-state index in [0.29, 0.717) is 12.0 Å². The van der Waals surface area contributed by atoms with Gasteiger partial charge in [0.25, 0.3) is 0 Å². The predicted molar refractivity (Wildman–Crippen MR) is 34.3 cm³/mol. The average molecular weight is 135 g/mol. The maximum absolute atomic E-state index is 5.59. The SMILES string of the molecule is CCC1OC1(C)CCl. The molecule has 0 aromatic heterocycles.